The molecule has 0 aliphatic heterocycles. The standard InChI is InChI=1S/C15H28O4/c1-5-7-11-18-14(16)9-8-10-15(17)19-13(6-2)12(3)4/h12-13H,5-11H2,1-4H3. The predicted octanol–water partition coefficient (Wildman–Crippen LogP) is 3.48. The van der Waals surface area contributed by atoms with Crippen molar-refractivity contribution in [2.24, 2.45) is 5.92 Å². The van der Waals surface area contributed by atoms with Crippen LogP contribution in [0.15, 0.2) is 0 Å². The van der Waals surface area contributed by atoms with Crippen LogP contribution in [0.3, 0.4) is 0 Å². The lowest BCUT2D eigenvalue weighted by molar-refractivity contribution is -0.151. The minimum atomic E-state index is -0.225. The fourth-order valence-electron chi connectivity index (χ4n) is 1.70. The van der Waals surface area contributed by atoms with Crippen molar-refractivity contribution in [3.63, 3.8) is 0 Å². The fraction of sp³-hybridized carbons (Fsp3) is 0.867. The second-order valence-corrected chi connectivity index (χ2v) is 5.11. The number of hydrogen-bond acceptors (Lipinski definition) is 4. The minimum absolute atomic E-state index is 0.0241. The first-order chi connectivity index (χ1) is 9.01. The summed E-state index contributed by atoms with van der Waals surface area (Å²) >= 11 is 0. The van der Waals surface area contributed by atoms with Crippen molar-refractivity contribution in [2.75, 3.05) is 6.61 Å². The van der Waals surface area contributed by atoms with Gasteiger partial charge in [0.25, 0.3) is 0 Å². The molecule has 0 bridgehead atoms. The molecule has 0 aromatic heterocycles. The summed E-state index contributed by atoms with van der Waals surface area (Å²) in [5, 5.41) is 0. The topological polar surface area (TPSA) is 52.6 Å². The molecule has 0 saturated carbocycles. The maximum absolute atomic E-state index is 11.6. The van der Waals surface area contributed by atoms with E-state index < -0.39 is 0 Å². The zero-order chi connectivity index (χ0) is 14.7. The molecule has 4 heteroatoms. The smallest absolute Gasteiger partial charge is 0.306 e. The van der Waals surface area contributed by atoms with Crippen molar-refractivity contribution < 1.29 is 19.1 Å². The Morgan fingerprint density at radius 1 is 1.00 bits per heavy atom. The molecule has 4 nitrogen and oxygen atoms in total. The van der Waals surface area contributed by atoms with Gasteiger partial charge in [0.2, 0.25) is 0 Å². The second-order valence-electron chi connectivity index (χ2n) is 5.11. The highest BCUT2D eigenvalue weighted by molar-refractivity contribution is 5.72. The zero-order valence-electron chi connectivity index (χ0n) is 12.7. The van der Waals surface area contributed by atoms with Crippen molar-refractivity contribution in [1.82, 2.24) is 0 Å². The van der Waals surface area contributed by atoms with E-state index in [1.165, 1.54) is 0 Å². The number of hydrogen-bond donors (Lipinski definition) is 0. The van der Waals surface area contributed by atoms with Gasteiger partial charge in [-0.05, 0) is 25.2 Å². The van der Waals surface area contributed by atoms with Crippen molar-refractivity contribution in [2.45, 2.75) is 72.3 Å². The molecule has 0 N–H and O–H groups in total. The molecule has 0 aromatic carbocycles. The second kappa shape index (κ2) is 10.8. The van der Waals surface area contributed by atoms with Gasteiger partial charge in [0.15, 0.2) is 0 Å². The Balaban J connectivity index is 3.70. The molecule has 0 heterocycles. The first-order valence-corrected chi connectivity index (χ1v) is 7.36. The van der Waals surface area contributed by atoms with Gasteiger partial charge in [-0.2, -0.15) is 0 Å². The number of ether oxygens (including phenoxy) is 2. The van der Waals surface area contributed by atoms with Crippen molar-refractivity contribution in [3.05, 3.63) is 0 Å². The summed E-state index contributed by atoms with van der Waals surface area (Å²) in [6, 6.07) is 0. The summed E-state index contributed by atoms with van der Waals surface area (Å²) in [5.74, 6) is -0.119. The average molecular weight is 272 g/mol. The van der Waals surface area contributed by atoms with Gasteiger partial charge in [0, 0.05) is 12.8 Å². The van der Waals surface area contributed by atoms with Crippen LogP contribution < -0.4 is 0 Å². The number of unbranched alkanes of at least 4 members (excludes halogenated alkanes) is 1. The van der Waals surface area contributed by atoms with E-state index in [9.17, 15) is 9.59 Å². The van der Waals surface area contributed by atoms with E-state index in [2.05, 4.69) is 0 Å². The van der Waals surface area contributed by atoms with Crippen molar-refractivity contribution in [1.29, 1.82) is 0 Å². The van der Waals surface area contributed by atoms with Crippen LogP contribution in [0.5, 0.6) is 0 Å². The summed E-state index contributed by atoms with van der Waals surface area (Å²) in [7, 11) is 0. The van der Waals surface area contributed by atoms with Gasteiger partial charge < -0.3 is 9.47 Å². The molecule has 1 atom stereocenters. The van der Waals surface area contributed by atoms with Gasteiger partial charge >= 0.3 is 11.9 Å². The highest BCUT2D eigenvalue weighted by Gasteiger charge is 2.16. The predicted molar refractivity (Wildman–Crippen MR) is 74.7 cm³/mol. The molecular formula is C15H28O4. The normalized spacial score (nSPS) is 12.3. The Morgan fingerprint density at radius 3 is 2.16 bits per heavy atom. The Hall–Kier alpha value is -1.06. The lowest BCUT2D eigenvalue weighted by Gasteiger charge is -2.19. The molecule has 0 aliphatic rings. The van der Waals surface area contributed by atoms with Crippen LogP contribution in [0.25, 0.3) is 0 Å². The summed E-state index contributed by atoms with van der Waals surface area (Å²) in [4.78, 5) is 22.9. The first kappa shape index (κ1) is 17.9. The maximum atomic E-state index is 11.6. The van der Waals surface area contributed by atoms with E-state index in [4.69, 9.17) is 9.47 Å². The van der Waals surface area contributed by atoms with Crippen LogP contribution >= 0.6 is 0 Å². The number of carbonyl (C=O) groups excluding carboxylic acids is 2. The van der Waals surface area contributed by atoms with E-state index in [0.717, 1.165) is 19.3 Å². The number of rotatable bonds is 10. The SMILES string of the molecule is CCCCOC(=O)CCCC(=O)OC(CC)C(C)C. The van der Waals surface area contributed by atoms with Crippen LogP contribution in [0.1, 0.15) is 66.2 Å². The van der Waals surface area contributed by atoms with E-state index in [1.807, 2.05) is 27.7 Å². The van der Waals surface area contributed by atoms with Gasteiger partial charge in [-0.1, -0.05) is 34.1 Å². The van der Waals surface area contributed by atoms with Crippen LogP contribution in [0.4, 0.5) is 0 Å². The molecule has 0 aliphatic carbocycles. The number of carbonyl (C=O) groups is 2. The molecule has 1 unspecified atom stereocenters. The molecule has 0 aromatic rings. The molecule has 0 saturated heterocycles. The Bertz CT molecular complexity index is 261. The highest BCUT2D eigenvalue weighted by Crippen LogP contribution is 2.12. The molecule has 0 fully saturated rings. The monoisotopic (exact) mass is 272 g/mol. The quantitative estimate of drug-likeness (QED) is 0.451. The number of esters is 2. The van der Waals surface area contributed by atoms with E-state index >= 15 is 0 Å². The van der Waals surface area contributed by atoms with Crippen molar-refractivity contribution in [3.8, 4) is 0 Å². The largest absolute Gasteiger partial charge is 0.466 e. The summed E-state index contributed by atoms with van der Waals surface area (Å²) < 4.78 is 10.4. The molecular weight excluding hydrogens is 244 g/mol. The van der Waals surface area contributed by atoms with Crippen LogP contribution in [0, 0.1) is 5.92 Å². The van der Waals surface area contributed by atoms with Gasteiger partial charge in [-0.3, -0.25) is 9.59 Å². The third-order valence-corrected chi connectivity index (χ3v) is 2.95. The molecule has 19 heavy (non-hydrogen) atoms. The maximum Gasteiger partial charge on any atom is 0.306 e. The lowest BCUT2D eigenvalue weighted by Crippen LogP contribution is -2.22. The Kier molecular flexibility index (Phi) is 10.2. The fourth-order valence-corrected chi connectivity index (χ4v) is 1.70. The van der Waals surface area contributed by atoms with E-state index in [-0.39, 0.29) is 30.9 Å². The first-order valence-electron chi connectivity index (χ1n) is 7.36. The van der Waals surface area contributed by atoms with Crippen LogP contribution in [-0.2, 0) is 19.1 Å². The third-order valence-electron chi connectivity index (χ3n) is 2.95. The molecule has 0 radical (unpaired) electrons. The summed E-state index contributed by atoms with van der Waals surface area (Å²) in [6.45, 7) is 8.59. The van der Waals surface area contributed by atoms with Gasteiger partial charge in [0.05, 0.1) is 6.61 Å². The van der Waals surface area contributed by atoms with Crippen LogP contribution in [0.2, 0.25) is 0 Å². The molecule has 0 amide bonds. The van der Waals surface area contributed by atoms with Crippen molar-refractivity contribution >= 4 is 11.9 Å². The Morgan fingerprint density at radius 2 is 1.63 bits per heavy atom. The molecule has 0 rings (SSSR count). The van der Waals surface area contributed by atoms with Crippen LogP contribution in [-0.4, -0.2) is 24.6 Å². The average Bonchev–Trinajstić information content (AvgIpc) is 2.36. The molecule has 112 valence electrons. The molecule has 0 spiro atoms. The van der Waals surface area contributed by atoms with E-state index in [0.29, 0.717) is 18.9 Å². The van der Waals surface area contributed by atoms with Gasteiger partial charge in [0.1, 0.15) is 6.10 Å². The van der Waals surface area contributed by atoms with E-state index in [1.54, 1.807) is 0 Å². The van der Waals surface area contributed by atoms with Gasteiger partial charge in [-0.25, -0.2) is 0 Å². The third kappa shape index (κ3) is 9.51. The highest BCUT2D eigenvalue weighted by atomic mass is 16.5. The van der Waals surface area contributed by atoms with Gasteiger partial charge in [-0.15, -0.1) is 0 Å². The summed E-state index contributed by atoms with van der Waals surface area (Å²) in [5.41, 5.74) is 0. The lowest BCUT2D eigenvalue weighted by atomic mass is 10.1. The summed E-state index contributed by atoms with van der Waals surface area (Å²) in [6.07, 6.45) is 3.77. The zero-order valence-corrected chi connectivity index (χ0v) is 12.7. The minimum Gasteiger partial charge on any atom is -0.466 e. The Labute approximate surface area is 116 Å².